The first-order valence-electron chi connectivity index (χ1n) is 9.64. The fourth-order valence-electron chi connectivity index (χ4n) is 3.18. The van der Waals surface area contributed by atoms with E-state index in [0.29, 0.717) is 32.7 Å². The maximum Gasteiger partial charge on any atom is 0.220 e. The third kappa shape index (κ3) is 8.05. The van der Waals surface area contributed by atoms with Crippen molar-refractivity contribution in [2.24, 2.45) is 0 Å². The maximum absolute atomic E-state index is 13.3. The van der Waals surface area contributed by atoms with E-state index < -0.39 is 0 Å². The topological polar surface area (TPSA) is 70.7 Å². The molecule has 0 spiro atoms. The van der Waals surface area contributed by atoms with Crippen LogP contribution in [0.5, 0.6) is 0 Å². The van der Waals surface area contributed by atoms with Crippen molar-refractivity contribution >= 4 is 11.8 Å². The summed E-state index contributed by atoms with van der Waals surface area (Å²) < 4.78 is 18.7. The lowest BCUT2D eigenvalue weighted by Crippen LogP contribution is -2.43. The number of carbonyl (C=O) groups excluding carboxylic acids is 2. The first kappa shape index (κ1) is 21.3. The van der Waals surface area contributed by atoms with E-state index in [-0.39, 0.29) is 23.7 Å². The normalized spacial score (nSPS) is 15.9. The predicted octanol–water partition coefficient (Wildman–Crippen LogP) is 2.01. The highest BCUT2D eigenvalue weighted by molar-refractivity contribution is 5.75. The van der Waals surface area contributed by atoms with Crippen LogP contribution in [0.1, 0.15) is 44.2 Å². The summed E-state index contributed by atoms with van der Waals surface area (Å²) in [6.07, 6.45) is 3.04. The van der Waals surface area contributed by atoms with Gasteiger partial charge in [-0.15, -0.1) is 0 Å². The van der Waals surface area contributed by atoms with Gasteiger partial charge in [0.2, 0.25) is 11.8 Å². The van der Waals surface area contributed by atoms with Gasteiger partial charge in [0.05, 0.1) is 19.3 Å². The van der Waals surface area contributed by atoms with Crippen LogP contribution < -0.4 is 10.6 Å². The molecule has 27 heavy (non-hydrogen) atoms. The van der Waals surface area contributed by atoms with Crippen LogP contribution in [-0.4, -0.2) is 56.1 Å². The van der Waals surface area contributed by atoms with Crippen molar-refractivity contribution < 1.29 is 18.7 Å². The number of halogens is 1. The number of carbonyl (C=O) groups is 2. The van der Waals surface area contributed by atoms with E-state index in [1.165, 1.54) is 19.1 Å². The van der Waals surface area contributed by atoms with Crippen LogP contribution in [-0.2, 0) is 14.3 Å². The molecule has 0 bridgehead atoms. The number of ether oxygens (including phenoxy) is 1. The van der Waals surface area contributed by atoms with E-state index in [1.54, 1.807) is 12.1 Å². The Morgan fingerprint density at radius 1 is 1.11 bits per heavy atom. The summed E-state index contributed by atoms with van der Waals surface area (Å²) in [6.45, 7) is 5.57. The number of hydrogen-bond acceptors (Lipinski definition) is 4. The Morgan fingerprint density at radius 2 is 1.81 bits per heavy atom. The van der Waals surface area contributed by atoms with Gasteiger partial charge in [-0.2, -0.15) is 0 Å². The van der Waals surface area contributed by atoms with Crippen LogP contribution in [0.25, 0.3) is 0 Å². The van der Waals surface area contributed by atoms with Crippen molar-refractivity contribution in [3.05, 3.63) is 35.6 Å². The average molecular weight is 379 g/mol. The van der Waals surface area contributed by atoms with Crippen LogP contribution >= 0.6 is 0 Å². The smallest absolute Gasteiger partial charge is 0.220 e. The maximum atomic E-state index is 13.3. The largest absolute Gasteiger partial charge is 0.379 e. The highest BCUT2D eigenvalue weighted by Gasteiger charge is 2.23. The highest BCUT2D eigenvalue weighted by Crippen LogP contribution is 2.21. The second-order valence-corrected chi connectivity index (χ2v) is 6.81. The van der Waals surface area contributed by atoms with E-state index >= 15 is 0 Å². The van der Waals surface area contributed by atoms with Crippen LogP contribution in [0.15, 0.2) is 24.3 Å². The molecule has 2 rings (SSSR count). The number of benzene rings is 1. The van der Waals surface area contributed by atoms with Gasteiger partial charge in [0, 0.05) is 39.5 Å². The number of unbranched alkanes of at least 4 members (excludes halogenated alkanes) is 2. The molecule has 1 fully saturated rings. The average Bonchev–Trinajstić information content (AvgIpc) is 2.66. The first-order chi connectivity index (χ1) is 13.1. The minimum absolute atomic E-state index is 0.0122. The summed E-state index contributed by atoms with van der Waals surface area (Å²) in [5, 5.41) is 5.77. The van der Waals surface area contributed by atoms with Crippen molar-refractivity contribution in [2.45, 2.75) is 38.6 Å². The van der Waals surface area contributed by atoms with Gasteiger partial charge < -0.3 is 15.4 Å². The highest BCUT2D eigenvalue weighted by atomic mass is 19.1. The molecule has 0 saturated carbocycles. The number of amides is 2. The molecule has 1 unspecified atom stereocenters. The zero-order chi connectivity index (χ0) is 19.5. The van der Waals surface area contributed by atoms with Crippen molar-refractivity contribution in [3.8, 4) is 0 Å². The van der Waals surface area contributed by atoms with Gasteiger partial charge in [-0.3, -0.25) is 14.5 Å². The molecule has 1 aromatic carbocycles. The number of hydrogen-bond donors (Lipinski definition) is 2. The molecule has 6 nitrogen and oxygen atoms in total. The van der Waals surface area contributed by atoms with E-state index in [9.17, 15) is 14.0 Å². The van der Waals surface area contributed by atoms with Crippen LogP contribution in [0.4, 0.5) is 4.39 Å². The van der Waals surface area contributed by atoms with Crippen LogP contribution in [0, 0.1) is 5.82 Å². The molecule has 1 saturated heterocycles. The number of rotatable bonds is 10. The molecule has 0 radical (unpaired) electrons. The second kappa shape index (κ2) is 11.7. The van der Waals surface area contributed by atoms with Gasteiger partial charge in [0.25, 0.3) is 0 Å². The molecule has 2 N–H and O–H groups in total. The van der Waals surface area contributed by atoms with E-state index in [2.05, 4.69) is 15.5 Å². The molecule has 1 atom stereocenters. The summed E-state index contributed by atoms with van der Waals surface area (Å²) in [4.78, 5) is 25.2. The Hall–Kier alpha value is -1.99. The van der Waals surface area contributed by atoms with Gasteiger partial charge in [-0.1, -0.05) is 18.6 Å². The number of morpholine rings is 1. The molecule has 150 valence electrons. The molecule has 1 aliphatic heterocycles. The van der Waals surface area contributed by atoms with E-state index in [1.807, 2.05) is 0 Å². The predicted molar refractivity (Wildman–Crippen MR) is 102 cm³/mol. The summed E-state index contributed by atoms with van der Waals surface area (Å²) in [7, 11) is 0. The van der Waals surface area contributed by atoms with Crippen molar-refractivity contribution in [2.75, 3.05) is 39.4 Å². The lowest BCUT2D eigenvalue weighted by Gasteiger charge is -2.35. The molecule has 1 aliphatic rings. The van der Waals surface area contributed by atoms with Gasteiger partial charge in [-0.05, 0) is 30.5 Å². The fourth-order valence-corrected chi connectivity index (χ4v) is 3.18. The van der Waals surface area contributed by atoms with Crippen LogP contribution in [0.3, 0.4) is 0 Å². The Morgan fingerprint density at radius 3 is 2.48 bits per heavy atom. The zero-order valence-corrected chi connectivity index (χ0v) is 16.0. The Kier molecular flexibility index (Phi) is 9.21. The van der Waals surface area contributed by atoms with Crippen LogP contribution in [0.2, 0.25) is 0 Å². The summed E-state index contributed by atoms with van der Waals surface area (Å²) in [5.41, 5.74) is 0.994. The number of nitrogens with zero attached hydrogens (tertiary/aromatic N) is 1. The first-order valence-corrected chi connectivity index (χ1v) is 9.64. The van der Waals surface area contributed by atoms with Crippen molar-refractivity contribution in [1.29, 1.82) is 0 Å². The standard InChI is InChI=1S/C20H30FN3O3/c1-16(25)22-10-4-2-3-5-20(26)23-15-19(24-11-13-27-14-12-24)17-6-8-18(21)9-7-17/h6-9,19H,2-5,10-15H2,1H3,(H,22,25)(H,23,26). The SMILES string of the molecule is CC(=O)NCCCCCC(=O)NCC(c1ccc(F)cc1)N1CCOCC1. The molecular formula is C20H30FN3O3. The molecule has 0 aromatic heterocycles. The number of nitrogens with one attached hydrogen (secondary N) is 2. The molecule has 2 amide bonds. The molecule has 0 aliphatic carbocycles. The lowest BCUT2D eigenvalue weighted by atomic mass is 10.0. The Bertz CT molecular complexity index is 589. The minimum atomic E-state index is -0.261. The third-order valence-corrected chi connectivity index (χ3v) is 4.69. The van der Waals surface area contributed by atoms with Gasteiger partial charge in [0.15, 0.2) is 0 Å². The van der Waals surface area contributed by atoms with Crippen molar-refractivity contribution in [3.63, 3.8) is 0 Å². The Balaban J connectivity index is 1.78. The molecule has 1 aromatic rings. The summed E-state index contributed by atoms with van der Waals surface area (Å²) in [6, 6.07) is 6.49. The summed E-state index contributed by atoms with van der Waals surface area (Å²) in [5.74, 6) is -0.264. The van der Waals surface area contributed by atoms with Gasteiger partial charge >= 0.3 is 0 Å². The van der Waals surface area contributed by atoms with Crippen molar-refractivity contribution in [1.82, 2.24) is 15.5 Å². The fraction of sp³-hybridized carbons (Fsp3) is 0.600. The lowest BCUT2D eigenvalue weighted by molar-refractivity contribution is -0.122. The zero-order valence-electron chi connectivity index (χ0n) is 16.0. The van der Waals surface area contributed by atoms with E-state index in [4.69, 9.17) is 4.74 Å². The Labute approximate surface area is 160 Å². The minimum Gasteiger partial charge on any atom is -0.379 e. The van der Waals surface area contributed by atoms with E-state index in [0.717, 1.165) is 37.9 Å². The molecule has 7 heteroatoms. The summed E-state index contributed by atoms with van der Waals surface area (Å²) >= 11 is 0. The molecule has 1 heterocycles. The third-order valence-electron chi connectivity index (χ3n) is 4.69. The molecular weight excluding hydrogens is 349 g/mol. The monoisotopic (exact) mass is 379 g/mol. The quantitative estimate of drug-likeness (QED) is 0.610. The second-order valence-electron chi connectivity index (χ2n) is 6.81. The van der Waals surface area contributed by atoms with Gasteiger partial charge in [0.1, 0.15) is 5.82 Å². The van der Waals surface area contributed by atoms with Gasteiger partial charge in [-0.25, -0.2) is 4.39 Å².